The number of carbonyl (C=O) groups excluding carboxylic acids is 1. The minimum Gasteiger partial charge on any atom is -0.279 e. The summed E-state index contributed by atoms with van der Waals surface area (Å²) in [6, 6.07) is 15.1. The van der Waals surface area contributed by atoms with E-state index in [-0.39, 0.29) is 5.91 Å². The minimum absolute atomic E-state index is 0.00911. The van der Waals surface area contributed by atoms with E-state index < -0.39 is 0 Å². The number of benzene rings is 2. The maximum Gasteiger partial charge on any atom is 0.260 e. The first-order chi connectivity index (χ1) is 10.3. The Morgan fingerprint density at radius 2 is 2.10 bits per heavy atom. The van der Waals surface area contributed by atoms with Gasteiger partial charge in [0.05, 0.1) is 28.4 Å². The van der Waals surface area contributed by atoms with Crippen molar-refractivity contribution < 1.29 is 4.79 Å². The van der Waals surface area contributed by atoms with Crippen molar-refractivity contribution in [3.63, 3.8) is 0 Å². The van der Waals surface area contributed by atoms with E-state index >= 15 is 0 Å². The summed E-state index contributed by atoms with van der Waals surface area (Å²) in [4.78, 5) is 18.7. The molecule has 0 bridgehead atoms. The van der Waals surface area contributed by atoms with Crippen molar-refractivity contribution in [1.29, 1.82) is 5.26 Å². The van der Waals surface area contributed by atoms with Crippen LogP contribution in [0.4, 0.5) is 5.13 Å². The number of thiazole rings is 1. The Labute approximate surface area is 124 Å². The maximum absolute atomic E-state index is 12.4. The van der Waals surface area contributed by atoms with Gasteiger partial charge in [0.2, 0.25) is 0 Å². The lowest BCUT2D eigenvalue weighted by Gasteiger charge is -2.10. The summed E-state index contributed by atoms with van der Waals surface area (Å²) in [7, 11) is 0. The number of hydrogen-bond donors (Lipinski definition) is 0. The number of amides is 1. The Morgan fingerprint density at radius 1 is 1.24 bits per heavy atom. The minimum atomic E-state index is -0.00911. The summed E-state index contributed by atoms with van der Waals surface area (Å²) in [5, 5.41) is 9.63. The van der Waals surface area contributed by atoms with Crippen LogP contribution in [0, 0.1) is 11.3 Å². The van der Waals surface area contributed by atoms with Gasteiger partial charge in [0.1, 0.15) is 0 Å². The van der Waals surface area contributed by atoms with Crippen LogP contribution in [0.3, 0.4) is 0 Å². The molecule has 2 heterocycles. The second kappa shape index (κ2) is 4.40. The first kappa shape index (κ1) is 12.1. The molecule has 1 aromatic heterocycles. The van der Waals surface area contributed by atoms with Gasteiger partial charge in [0, 0.05) is 5.56 Å². The molecule has 1 aliphatic heterocycles. The predicted octanol–water partition coefficient (Wildman–Crippen LogP) is 3.33. The number of carbonyl (C=O) groups is 1. The zero-order chi connectivity index (χ0) is 14.4. The van der Waals surface area contributed by atoms with E-state index in [4.69, 9.17) is 5.26 Å². The van der Waals surface area contributed by atoms with Crippen LogP contribution in [-0.4, -0.2) is 10.9 Å². The van der Waals surface area contributed by atoms with E-state index in [9.17, 15) is 4.79 Å². The van der Waals surface area contributed by atoms with E-state index in [1.165, 1.54) is 11.3 Å². The van der Waals surface area contributed by atoms with Gasteiger partial charge in [-0.1, -0.05) is 29.5 Å². The molecule has 5 heteroatoms. The highest BCUT2D eigenvalue weighted by Crippen LogP contribution is 2.34. The van der Waals surface area contributed by atoms with E-state index in [0.29, 0.717) is 17.2 Å². The fraction of sp³-hybridized carbons (Fsp3) is 0.0625. The summed E-state index contributed by atoms with van der Waals surface area (Å²) in [6.45, 7) is 0.555. The summed E-state index contributed by atoms with van der Waals surface area (Å²) < 4.78 is 0.924. The summed E-state index contributed by atoms with van der Waals surface area (Å²) in [5.74, 6) is -0.00911. The average molecular weight is 291 g/mol. The van der Waals surface area contributed by atoms with Gasteiger partial charge in [-0.05, 0) is 29.8 Å². The van der Waals surface area contributed by atoms with Crippen molar-refractivity contribution in [2.45, 2.75) is 6.54 Å². The zero-order valence-electron chi connectivity index (χ0n) is 10.9. The molecule has 0 radical (unpaired) electrons. The van der Waals surface area contributed by atoms with Gasteiger partial charge in [0.25, 0.3) is 5.91 Å². The molecule has 0 fully saturated rings. The van der Waals surface area contributed by atoms with Crippen molar-refractivity contribution in [2.75, 3.05) is 4.90 Å². The van der Waals surface area contributed by atoms with E-state index in [1.54, 1.807) is 11.0 Å². The van der Waals surface area contributed by atoms with Crippen LogP contribution < -0.4 is 4.90 Å². The van der Waals surface area contributed by atoms with Crippen molar-refractivity contribution >= 4 is 32.6 Å². The predicted molar refractivity (Wildman–Crippen MR) is 81.3 cm³/mol. The Kier molecular flexibility index (Phi) is 2.53. The van der Waals surface area contributed by atoms with E-state index in [0.717, 1.165) is 21.3 Å². The summed E-state index contributed by atoms with van der Waals surface area (Å²) in [6.07, 6.45) is 0. The molecule has 0 N–H and O–H groups in total. The SMILES string of the molecule is N#Cc1ccc2nc(N3Cc4ccccc4C3=O)sc2c1. The van der Waals surface area contributed by atoms with Crippen LogP contribution in [0.5, 0.6) is 0 Å². The maximum atomic E-state index is 12.4. The van der Waals surface area contributed by atoms with Crippen molar-refractivity contribution in [3.8, 4) is 6.07 Å². The summed E-state index contributed by atoms with van der Waals surface area (Å²) >= 11 is 1.44. The molecular formula is C16H9N3OS. The number of hydrogen-bond acceptors (Lipinski definition) is 4. The van der Waals surface area contributed by atoms with Crippen LogP contribution in [0.25, 0.3) is 10.2 Å². The molecule has 0 spiro atoms. The first-order valence-corrected chi connectivity index (χ1v) is 7.28. The molecule has 4 nitrogen and oxygen atoms in total. The molecule has 0 aliphatic carbocycles. The van der Waals surface area contributed by atoms with Gasteiger partial charge in [-0.25, -0.2) is 4.98 Å². The van der Waals surface area contributed by atoms with Crippen LogP contribution in [0.1, 0.15) is 21.5 Å². The Balaban J connectivity index is 1.79. The molecular weight excluding hydrogens is 282 g/mol. The molecule has 0 saturated carbocycles. The molecule has 3 aromatic rings. The highest BCUT2D eigenvalue weighted by atomic mass is 32.1. The van der Waals surface area contributed by atoms with Crippen LogP contribution >= 0.6 is 11.3 Å². The third-order valence-electron chi connectivity index (χ3n) is 3.56. The van der Waals surface area contributed by atoms with Gasteiger partial charge < -0.3 is 0 Å². The smallest absolute Gasteiger partial charge is 0.260 e. The summed E-state index contributed by atoms with van der Waals surface area (Å²) in [5.41, 5.74) is 3.19. The van der Waals surface area contributed by atoms with Gasteiger partial charge in [-0.2, -0.15) is 5.26 Å². The molecule has 0 atom stereocenters. The lowest BCUT2D eigenvalue weighted by Crippen LogP contribution is -2.22. The highest BCUT2D eigenvalue weighted by Gasteiger charge is 2.29. The lowest BCUT2D eigenvalue weighted by atomic mass is 10.1. The number of rotatable bonds is 1. The third-order valence-corrected chi connectivity index (χ3v) is 4.60. The van der Waals surface area contributed by atoms with E-state index in [2.05, 4.69) is 11.1 Å². The monoisotopic (exact) mass is 291 g/mol. The molecule has 100 valence electrons. The number of nitrogens with zero attached hydrogens (tertiary/aromatic N) is 3. The van der Waals surface area contributed by atoms with Crippen LogP contribution in [0.15, 0.2) is 42.5 Å². The van der Waals surface area contributed by atoms with Crippen LogP contribution in [-0.2, 0) is 6.54 Å². The fourth-order valence-electron chi connectivity index (χ4n) is 2.51. The van der Waals surface area contributed by atoms with Crippen molar-refractivity contribution in [2.24, 2.45) is 0 Å². The molecule has 1 aliphatic rings. The molecule has 0 saturated heterocycles. The van der Waals surface area contributed by atoms with Crippen LogP contribution in [0.2, 0.25) is 0 Å². The molecule has 0 unspecified atom stereocenters. The normalized spacial score (nSPS) is 13.5. The zero-order valence-corrected chi connectivity index (χ0v) is 11.7. The van der Waals surface area contributed by atoms with Gasteiger partial charge in [-0.15, -0.1) is 0 Å². The second-order valence-corrected chi connectivity index (χ2v) is 5.85. The quantitative estimate of drug-likeness (QED) is 0.691. The number of anilines is 1. The molecule has 4 rings (SSSR count). The lowest BCUT2D eigenvalue weighted by molar-refractivity contribution is 0.0996. The Bertz CT molecular complexity index is 923. The van der Waals surface area contributed by atoms with Gasteiger partial charge in [0.15, 0.2) is 5.13 Å². The Morgan fingerprint density at radius 3 is 2.90 bits per heavy atom. The van der Waals surface area contributed by atoms with Crippen molar-refractivity contribution in [1.82, 2.24) is 4.98 Å². The van der Waals surface area contributed by atoms with Crippen molar-refractivity contribution in [3.05, 3.63) is 59.2 Å². The van der Waals surface area contributed by atoms with Gasteiger partial charge in [-0.3, -0.25) is 9.69 Å². The first-order valence-electron chi connectivity index (χ1n) is 6.47. The van der Waals surface area contributed by atoms with E-state index in [1.807, 2.05) is 36.4 Å². The van der Waals surface area contributed by atoms with Gasteiger partial charge >= 0.3 is 0 Å². The number of aromatic nitrogens is 1. The Hall–Kier alpha value is -2.71. The average Bonchev–Trinajstić information content (AvgIpc) is 3.08. The molecule has 21 heavy (non-hydrogen) atoms. The number of fused-ring (bicyclic) bond motifs is 2. The third kappa shape index (κ3) is 1.81. The standard InChI is InChI=1S/C16H9N3OS/c17-8-10-5-6-13-14(7-10)21-16(18-13)19-9-11-3-1-2-4-12(11)15(19)20/h1-7H,9H2. The number of nitriles is 1. The molecule has 1 amide bonds. The topological polar surface area (TPSA) is 57.0 Å². The highest BCUT2D eigenvalue weighted by molar-refractivity contribution is 7.22. The largest absolute Gasteiger partial charge is 0.279 e. The second-order valence-electron chi connectivity index (χ2n) is 4.84. The molecule has 2 aromatic carbocycles. The fourth-order valence-corrected chi connectivity index (χ4v) is 3.51.